The van der Waals surface area contributed by atoms with Gasteiger partial charge >= 0.3 is 0 Å². The zero-order valence-corrected chi connectivity index (χ0v) is 12.0. The zero-order chi connectivity index (χ0) is 13.7. The Kier molecular flexibility index (Phi) is 5.01. The van der Waals surface area contributed by atoms with E-state index in [-0.39, 0.29) is 11.8 Å². The third-order valence-corrected chi connectivity index (χ3v) is 3.62. The average Bonchev–Trinajstić information content (AvgIpc) is 2.78. The van der Waals surface area contributed by atoms with E-state index >= 15 is 0 Å². The van der Waals surface area contributed by atoms with E-state index in [9.17, 15) is 0 Å². The molecule has 0 unspecified atom stereocenters. The Morgan fingerprint density at radius 3 is 2.53 bits per heavy atom. The second kappa shape index (κ2) is 6.75. The van der Waals surface area contributed by atoms with Gasteiger partial charge in [-0.3, -0.25) is 0 Å². The summed E-state index contributed by atoms with van der Waals surface area (Å²) >= 11 is 7.06. The molecule has 0 atom stereocenters. The molecule has 0 saturated heterocycles. The summed E-state index contributed by atoms with van der Waals surface area (Å²) in [4.78, 5) is 4.62. The fourth-order valence-corrected chi connectivity index (χ4v) is 2.36. The Labute approximate surface area is 120 Å². The predicted molar refractivity (Wildman–Crippen MR) is 75.3 cm³/mol. The molecule has 4 nitrogen and oxygen atoms in total. The lowest BCUT2D eigenvalue weighted by molar-refractivity contribution is 0.285. The van der Waals surface area contributed by atoms with Gasteiger partial charge in [-0.2, -0.15) is 4.98 Å². The lowest BCUT2D eigenvalue weighted by Crippen LogP contribution is -1.94. The molecule has 102 valence electrons. The van der Waals surface area contributed by atoms with E-state index in [0.717, 1.165) is 12.2 Å². The first-order chi connectivity index (χ1) is 9.22. The third kappa shape index (κ3) is 3.83. The molecule has 0 aliphatic carbocycles. The molecular weight excluding hydrogens is 286 g/mol. The van der Waals surface area contributed by atoms with Crippen LogP contribution in [0.1, 0.15) is 18.2 Å². The van der Waals surface area contributed by atoms with Crippen molar-refractivity contribution in [2.45, 2.75) is 20.0 Å². The highest BCUT2D eigenvalue weighted by atomic mass is 35.5. The molecule has 0 aliphatic rings. The van der Waals surface area contributed by atoms with E-state index in [4.69, 9.17) is 26.2 Å². The number of aliphatic hydroxyl groups is 1. The molecule has 1 aromatic heterocycles. The van der Waals surface area contributed by atoms with Gasteiger partial charge in [-0.15, -0.1) is 0 Å². The van der Waals surface area contributed by atoms with Crippen LogP contribution in [0, 0.1) is 0 Å². The van der Waals surface area contributed by atoms with E-state index in [1.54, 1.807) is 12.1 Å². The smallest absolute Gasteiger partial charge is 0.280 e. The molecule has 2 aromatic rings. The van der Waals surface area contributed by atoms with Crippen molar-refractivity contribution < 1.29 is 14.6 Å². The van der Waals surface area contributed by atoms with Crippen LogP contribution in [0.25, 0.3) is 0 Å². The minimum absolute atomic E-state index is 0.135. The summed E-state index contributed by atoms with van der Waals surface area (Å²) in [6.45, 7) is 2.62. The molecule has 0 fully saturated rings. The molecule has 0 radical (unpaired) electrons. The molecule has 0 bridgehead atoms. The summed E-state index contributed by atoms with van der Waals surface area (Å²) in [6, 6.07) is 7.29. The SMILES string of the molecule is CCCOc1ccc(Oc2nc(Cl)c(CO)s2)cc1. The standard InChI is InChI=1S/C13H14ClNO3S/c1-2-7-17-9-3-5-10(6-4-9)18-13-15-12(14)11(8-16)19-13/h3-6,16H,2,7-8H2,1H3. The second-order valence-corrected chi connectivity index (χ2v) is 5.18. The summed E-state index contributed by atoms with van der Waals surface area (Å²) < 4.78 is 11.0. The van der Waals surface area contributed by atoms with Crippen molar-refractivity contribution in [3.05, 3.63) is 34.3 Å². The van der Waals surface area contributed by atoms with Gasteiger partial charge in [0.15, 0.2) is 0 Å². The molecule has 0 saturated carbocycles. The number of aromatic nitrogens is 1. The maximum Gasteiger partial charge on any atom is 0.280 e. The minimum atomic E-state index is -0.135. The maximum atomic E-state index is 9.03. The van der Waals surface area contributed by atoms with Crippen LogP contribution in [0.3, 0.4) is 0 Å². The predicted octanol–water partition coefficient (Wildman–Crippen LogP) is 3.87. The fourth-order valence-electron chi connectivity index (χ4n) is 1.38. The monoisotopic (exact) mass is 299 g/mol. The number of rotatable bonds is 6. The Hall–Kier alpha value is -1.30. The van der Waals surface area contributed by atoms with Gasteiger partial charge in [0, 0.05) is 0 Å². The molecule has 1 aromatic carbocycles. The molecular formula is C13H14ClNO3S. The third-order valence-electron chi connectivity index (χ3n) is 2.28. The summed E-state index contributed by atoms with van der Waals surface area (Å²) in [5.74, 6) is 1.46. The summed E-state index contributed by atoms with van der Waals surface area (Å²) in [7, 11) is 0. The normalized spacial score (nSPS) is 10.5. The highest BCUT2D eigenvalue weighted by Gasteiger charge is 2.10. The van der Waals surface area contributed by atoms with Crippen molar-refractivity contribution in [1.82, 2.24) is 4.98 Å². The number of thiazole rings is 1. The summed E-state index contributed by atoms with van der Waals surface area (Å²) in [6.07, 6.45) is 0.972. The minimum Gasteiger partial charge on any atom is -0.494 e. The van der Waals surface area contributed by atoms with Crippen LogP contribution in [-0.2, 0) is 6.61 Å². The Bertz CT molecular complexity index is 527. The first-order valence-corrected chi connectivity index (χ1v) is 7.09. The Morgan fingerprint density at radius 2 is 1.95 bits per heavy atom. The number of hydrogen-bond acceptors (Lipinski definition) is 5. The fraction of sp³-hybridized carbons (Fsp3) is 0.308. The van der Waals surface area contributed by atoms with Crippen LogP contribution in [0.5, 0.6) is 16.7 Å². The largest absolute Gasteiger partial charge is 0.494 e. The van der Waals surface area contributed by atoms with Crippen LogP contribution in [0.4, 0.5) is 0 Å². The van der Waals surface area contributed by atoms with Gasteiger partial charge in [0.05, 0.1) is 18.1 Å². The quantitative estimate of drug-likeness (QED) is 0.879. The van der Waals surface area contributed by atoms with Gasteiger partial charge in [0.2, 0.25) is 0 Å². The van der Waals surface area contributed by atoms with Crippen molar-refractivity contribution >= 4 is 22.9 Å². The van der Waals surface area contributed by atoms with Crippen LogP contribution in [0.15, 0.2) is 24.3 Å². The lowest BCUT2D eigenvalue weighted by atomic mass is 10.3. The molecule has 2 rings (SSSR count). The number of halogens is 1. The van der Waals surface area contributed by atoms with Crippen LogP contribution in [0.2, 0.25) is 5.15 Å². The van der Waals surface area contributed by atoms with E-state index < -0.39 is 0 Å². The van der Waals surface area contributed by atoms with E-state index in [1.807, 2.05) is 12.1 Å². The molecule has 0 spiro atoms. The summed E-state index contributed by atoms with van der Waals surface area (Å²) in [5, 5.41) is 9.73. The second-order valence-electron chi connectivity index (χ2n) is 3.77. The first-order valence-electron chi connectivity index (χ1n) is 5.89. The molecule has 6 heteroatoms. The van der Waals surface area contributed by atoms with Crippen LogP contribution in [-0.4, -0.2) is 16.7 Å². The molecule has 1 N–H and O–H groups in total. The number of ether oxygens (including phenoxy) is 2. The van der Waals surface area contributed by atoms with E-state index in [0.29, 0.717) is 22.4 Å². The maximum absolute atomic E-state index is 9.03. The molecule has 1 heterocycles. The summed E-state index contributed by atoms with van der Waals surface area (Å²) in [5.41, 5.74) is 0. The van der Waals surface area contributed by atoms with Gasteiger partial charge in [0.25, 0.3) is 5.19 Å². The molecule has 0 amide bonds. The topological polar surface area (TPSA) is 51.6 Å². The van der Waals surface area contributed by atoms with E-state index in [1.165, 1.54) is 11.3 Å². The van der Waals surface area contributed by atoms with Gasteiger partial charge in [-0.05, 0) is 30.7 Å². The van der Waals surface area contributed by atoms with E-state index in [2.05, 4.69) is 11.9 Å². The van der Waals surface area contributed by atoms with Crippen molar-refractivity contribution in [3.63, 3.8) is 0 Å². The van der Waals surface area contributed by atoms with Gasteiger partial charge in [-0.25, -0.2) is 0 Å². The average molecular weight is 300 g/mol. The van der Waals surface area contributed by atoms with Crippen LogP contribution >= 0.6 is 22.9 Å². The lowest BCUT2D eigenvalue weighted by Gasteiger charge is -2.05. The van der Waals surface area contributed by atoms with Gasteiger partial charge in [-0.1, -0.05) is 29.9 Å². The van der Waals surface area contributed by atoms with Crippen LogP contribution < -0.4 is 9.47 Å². The van der Waals surface area contributed by atoms with Gasteiger partial charge in [0.1, 0.15) is 16.7 Å². The Balaban J connectivity index is 2.02. The first kappa shape index (κ1) is 14.1. The number of benzene rings is 1. The number of hydrogen-bond donors (Lipinski definition) is 1. The molecule has 19 heavy (non-hydrogen) atoms. The van der Waals surface area contributed by atoms with Crippen molar-refractivity contribution in [3.8, 4) is 16.7 Å². The van der Waals surface area contributed by atoms with Gasteiger partial charge < -0.3 is 14.6 Å². The van der Waals surface area contributed by atoms with Crippen molar-refractivity contribution in [2.24, 2.45) is 0 Å². The zero-order valence-electron chi connectivity index (χ0n) is 10.4. The Morgan fingerprint density at radius 1 is 1.26 bits per heavy atom. The molecule has 0 aliphatic heterocycles. The highest BCUT2D eigenvalue weighted by molar-refractivity contribution is 7.13. The number of nitrogens with zero attached hydrogens (tertiary/aromatic N) is 1. The highest BCUT2D eigenvalue weighted by Crippen LogP contribution is 2.32. The number of aliphatic hydroxyl groups excluding tert-OH is 1. The van der Waals surface area contributed by atoms with Crippen molar-refractivity contribution in [1.29, 1.82) is 0 Å². The van der Waals surface area contributed by atoms with Crippen molar-refractivity contribution in [2.75, 3.05) is 6.61 Å².